The minimum Gasteiger partial charge on any atom is -0.744 e. The van der Waals surface area contributed by atoms with Crippen LogP contribution in [0.25, 0.3) is 10.8 Å². The molecule has 3 nitrogen and oxygen atoms in total. The predicted molar refractivity (Wildman–Crippen MR) is 181 cm³/mol. The third kappa shape index (κ3) is 18.2. The Hall–Kier alpha value is 0.246. The zero-order valence-corrected chi connectivity index (χ0v) is 32.3. The number of fused-ring (bicyclic) bond motifs is 1. The number of rotatable bonds is 27. The Kier molecular flexibility index (Phi) is 25.3. The molecule has 2 aromatic rings. The Morgan fingerprint density at radius 3 is 1.23 bits per heavy atom. The monoisotopic (exact) mass is 638 g/mol. The normalized spacial score (nSPS) is 11.7. The van der Waals surface area contributed by atoms with Crippen molar-refractivity contribution >= 4 is 20.9 Å². The minimum atomic E-state index is -4.54. The summed E-state index contributed by atoms with van der Waals surface area (Å²) in [5, 5.41) is 1.56. The van der Waals surface area contributed by atoms with E-state index >= 15 is 0 Å². The van der Waals surface area contributed by atoms with Crippen LogP contribution in [0, 0.1) is 0 Å². The molecule has 0 spiro atoms. The fourth-order valence-corrected chi connectivity index (χ4v) is 7.40. The molecule has 2 aromatic carbocycles. The van der Waals surface area contributed by atoms with E-state index in [0.717, 1.165) is 31.1 Å². The van der Waals surface area contributed by atoms with Crippen molar-refractivity contribution in [3.63, 3.8) is 0 Å². The summed E-state index contributed by atoms with van der Waals surface area (Å²) in [6, 6.07) is 9.85. The van der Waals surface area contributed by atoms with Crippen LogP contribution in [0.3, 0.4) is 0 Å². The summed E-state index contributed by atoms with van der Waals surface area (Å²) in [7, 11) is -4.54. The maximum Gasteiger partial charge on any atom is 1.00 e. The van der Waals surface area contributed by atoms with E-state index in [-0.39, 0.29) is 56.3 Å². The van der Waals surface area contributed by atoms with E-state index in [9.17, 15) is 13.0 Å². The molecule has 0 unspecified atom stereocenters. The van der Waals surface area contributed by atoms with Gasteiger partial charge in [0, 0.05) is 0 Å². The first-order valence-corrected chi connectivity index (χ1v) is 19.4. The van der Waals surface area contributed by atoms with E-state index in [1.165, 1.54) is 140 Å². The second-order valence-electron chi connectivity index (χ2n) is 12.8. The summed E-state index contributed by atoms with van der Waals surface area (Å²) >= 11 is 0. The van der Waals surface area contributed by atoms with E-state index in [1.807, 2.05) is 18.2 Å². The van der Waals surface area contributed by atoms with Crippen molar-refractivity contribution in [3.8, 4) is 0 Å². The van der Waals surface area contributed by atoms with Crippen molar-refractivity contribution in [1.29, 1.82) is 0 Å². The zero-order chi connectivity index (χ0) is 30.3. The second-order valence-corrected chi connectivity index (χ2v) is 14.1. The van der Waals surface area contributed by atoms with Gasteiger partial charge in [0.2, 0.25) is 0 Å². The molecule has 0 bridgehead atoms. The molecule has 240 valence electrons. The van der Waals surface area contributed by atoms with Crippen molar-refractivity contribution in [2.24, 2.45) is 0 Å². The van der Waals surface area contributed by atoms with Gasteiger partial charge in [0.15, 0.2) is 0 Å². The molecular formula is C38H63KO3S. The van der Waals surface area contributed by atoms with Gasteiger partial charge >= 0.3 is 51.4 Å². The van der Waals surface area contributed by atoms with Crippen molar-refractivity contribution in [2.75, 3.05) is 0 Å². The van der Waals surface area contributed by atoms with Gasteiger partial charge in [0.1, 0.15) is 10.1 Å². The number of hydrogen-bond acceptors (Lipinski definition) is 3. The van der Waals surface area contributed by atoms with Crippen LogP contribution in [0.5, 0.6) is 0 Å². The molecule has 2 rings (SSSR count). The molecule has 0 atom stereocenters. The third-order valence-corrected chi connectivity index (χ3v) is 10.0. The summed E-state index contributed by atoms with van der Waals surface area (Å²) in [5.74, 6) is 0. The van der Waals surface area contributed by atoms with Crippen molar-refractivity contribution in [2.45, 2.75) is 186 Å². The Bertz CT molecular complexity index is 1070. The Labute approximate surface area is 309 Å². The van der Waals surface area contributed by atoms with Crippen LogP contribution in [0.15, 0.2) is 35.2 Å². The molecule has 0 fully saturated rings. The van der Waals surface area contributed by atoms with E-state index in [0.29, 0.717) is 17.4 Å². The van der Waals surface area contributed by atoms with Crippen molar-refractivity contribution in [3.05, 3.63) is 41.5 Å². The topological polar surface area (TPSA) is 57.2 Å². The van der Waals surface area contributed by atoms with Gasteiger partial charge in [-0.05, 0) is 47.6 Å². The standard InChI is InChI=1S/C38H64O3S.K/c1-3-5-7-9-11-13-15-17-19-21-23-25-28-34-30-27-31-37-36(34)33-32-35(38(37)42(39,40)41)29-26-24-22-20-18-16-14-12-10-8-6-4-2;/h27,30-33H,3-26,28-29H2,1-2H3,(H,39,40,41);/q;+1/p-1. The first-order valence-electron chi connectivity index (χ1n) is 18.0. The van der Waals surface area contributed by atoms with Crippen LogP contribution in [0.2, 0.25) is 0 Å². The first-order chi connectivity index (χ1) is 20.5. The van der Waals surface area contributed by atoms with E-state index in [4.69, 9.17) is 0 Å². The summed E-state index contributed by atoms with van der Waals surface area (Å²) in [5.41, 5.74) is 1.87. The summed E-state index contributed by atoms with van der Waals surface area (Å²) in [4.78, 5) is 0.0274. The Balaban J connectivity index is 0.00000924. The number of benzene rings is 2. The van der Waals surface area contributed by atoms with Gasteiger partial charge in [0.05, 0.1) is 4.90 Å². The average molecular weight is 639 g/mol. The van der Waals surface area contributed by atoms with E-state index in [1.54, 1.807) is 0 Å². The summed E-state index contributed by atoms with van der Waals surface area (Å²) in [6.45, 7) is 4.53. The van der Waals surface area contributed by atoms with Crippen LogP contribution >= 0.6 is 0 Å². The van der Waals surface area contributed by atoms with Gasteiger partial charge in [-0.25, -0.2) is 8.42 Å². The van der Waals surface area contributed by atoms with E-state index < -0.39 is 10.1 Å². The smallest absolute Gasteiger partial charge is 0.744 e. The van der Waals surface area contributed by atoms with Crippen LogP contribution in [0.4, 0.5) is 0 Å². The minimum absolute atomic E-state index is 0. The van der Waals surface area contributed by atoms with Gasteiger partial charge in [-0.3, -0.25) is 0 Å². The second kappa shape index (κ2) is 26.3. The molecule has 0 amide bonds. The van der Waals surface area contributed by atoms with Gasteiger partial charge < -0.3 is 4.55 Å². The molecule has 0 aliphatic heterocycles. The largest absolute Gasteiger partial charge is 1.00 e. The first kappa shape index (κ1) is 41.3. The van der Waals surface area contributed by atoms with Crippen LogP contribution in [-0.2, 0) is 23.0 Å². The molecule has 0 saturated carbocycles. The predicted octanol–water partition coefficient (Wildman–Crippen LogP) is 9.24. The molecule has 0 aromatic heterocycles. The van der Waals surface area contributed by atoms with Crippen LogP contribution in [-0.4, -0.2) is 13.0 Å². The SMILES string of the molecule is CCCCCCCCCCCCCCc1ccc2c(CCCCCCCCCCCCCC)cccc2c1S(=O)(=O)[O-].[K+]. The number of aryl methyl sites for hydroxylation is 2. The number of unbranched alkanes of at least 4 members (excludes halogenated alkanes) is 22. The van der Waals surface area contributed by atoms with Crippen LogP contribution in [0.1, 0.15) is 179 Å². The molecule has 0 aliphatic rings. The summed E-state index contributed by atoms with van der Waals surface area (Å²) < 4.78 is 37.2. The maximum absolute atomic E-state index is 12.4. The molecule has 43 heavy (non-hydrogen) atoms. The third-order valence-electron chi connectivity index (χ3n) is 9.03. The molecule has 0 aliphatic carbocycles. The van der Waals surface area contributed by atoms with Gasteiger partial charge in [-0.15, -0.1) is 0 Å². The van der Waals surface area contributed by atoms with Gasteiger partial charge in [-0.1, -0.05) is 185 Å². The summed E-state index contributed by atoms with van der Waals surface area (Å²) in [6.07, 6.45) is 32.7. The molecule has 0 heterocycles. The molecule has 0 radical (unpaired) electrons. The molecule has 5 heteroatoms. The van der Waals surface area contributed by atoms with E-state index in [2.05, 4.69) is 26.0 Å². The Morgan fingerprint density at radius 2 is 0.837 bits per heavy atom. The van der Waals surface area contributed by atoms with Gasteiger partial charge in [0.25, 0.3) is 0 Å². The average Bonchev–Trinajstić information content (AvgIpc) is 2.97. The quantitative estimate of drug-likeness (QED) is 0.0557. The fraction of sp³-hybridized carbons (Fsp3) is 0.737. The molecule has 0 N–H and O–H groups in total. The zero-order valence-electron chi connectivity index (χ0n) is 28.4. The fourth-order valence-electron chi connectivity index (χ4n) is 6.46. The molecule has 0 saturated heterocycles. The number of hydrogen-bond donors (Lipinski definition) is 0. The van der Waals surface area contributed by atoms with Gasteiger partial charge in [-0.2, -0.15) is 0 Å². The Morgan fingerprint density at radius 1 is 0.465 bits per heavy atom. The van der Waals surface area contributed by atoms with Crippen LogP contribution < -0.4 is 51.4 Å². The van der Waals surface area contributed by atoms with Crippen molar-refractivity contribution < 1.29 is 64.4 Å². The van der Waals surface area contributed by atoms with Crippen molar-refractivity contribution in [1.82, 2.24) is 0 Å². The molecular weight excluding hydrogens is 576 g/mol. The maximum atomic E-state index is 12.4.